The van der Waals surface area contributed by atoms with Crippen molar-refractivity contribution in [2.45, 2.75) is 25.3 Å². The number of pyridine rings is 1. The van der Waals surface area contributed by atoms with Gasteiger partial charge >= 0.3 is 0 Å². The molecule has 0 fully saturated rings. The number of amides is 1. The minimum Gasteiger partial charge on any atom is -0.348 e. The van der Waals surface area contributed by atoms with Crippen molar-refractivity contribution < 1.29 is 4.79 Å². The topological polar surface area (TPSA) is 72.2 Å². The number of hydrogen-bond donors (Lipinski definition) is 1. The van der Waals surface area contributed by atoms with Gasteiger partial charge in [-0.1, -0.05) is 48.5 Å². The van der Waals surface area contributed by atoms with Crippen LogP contribution >= 0.6 is 11.3 Å². The maximum absolute atomic E-state index is 13.5. The van der Waals surface area contributed by atoms with E-state index in [2.05, 4.69) is 21.6 Å². The van der Waals surface area contributed by atoms with E-state index in [0.29, 0.717) is 18.8 Å². The molecular formula is C24H21N5OS. The molecule has 0 radical (unpaired) electrons. The van der Waals surface area contributed by atoms with Gasteiger partial charge < -0.3 is 5.32 Å². The van der Waals surface area contributed by atoms with Crippen molar-refractivity contribution in [3.63, 3.8) is 0 Å². The quantitative estimate of drug-likeness (QED) is 0.442. The standard InChI is InChI=1S/C24H21N5OS/c1-24(17-9-3-2-4-10-17,15-22-26-18-11-5-6-12-19(18)31-22)23(30)25-16-21-28-27-20-13-7-8-14-29(20)21/h2-14H,15-16H2,1H3,(H,25,30). The van der Waals surface area contributed by atoms with Crippen LogP contribution in [0.4, 0.5) is 0 Å². The van der Waals surface area contributed by atoms with Crippen LogP contribution in [-0.2, 0) is 23.2 Å². The summed E-state index contributed by atoms with van der Waals surface area (Å²) in [6.45, 7) is 2.28. The van der Waals surface area contributed by atoms with Crippen LogP contribution in [-0.4, -0.2) is 25.5 Å². The molecule has 0 bridgehead atoms. The molecule has 7 heteroatoms. The van der Waals surface area contributed by atoms with Gasteiger partial charge in [-0.05, 0) is 36.8 Å². The summed E-state index contributed by atoms with van der Waals surface area (Å²) in [4.78, 5) is 18.3. The van der Waals surface area contributed by atoms with E-state index in [0.717, 1.165) is 26.4 Å². The van der Waals surface area contributed by atoms with E-state index in [-0.39, 0.29) is 5.91 Å². The maximum Gasteiger partial charge on any atom is 0.231 e. The monoisotopic (exact) mass is 427 g/mol. The van der Waals surface area contributed by atoms with Gasteiger partial charge in [-0.3, -0.25) is 9.20 Å². The van der Waals surface area contributed by atoms with Gasteiger partial charge in [0.2, 0.25) is 5.91 Å². The molecule has 31 heavy (non-hydrogen) atoms. The Labute approximate surface area is 183 Å². The highest BCUT2D eigenvalue weighted by molar-refractivity contribution is 7.18. The number of para-hydroxylation sites is 1. The number of hydrogen-bond acceptors (Lipinski definition) is 5. The van der Waals surface area contributed by atoms with Gasteiger partial charge in [0.05, 0.1) is 27.2 Å². The van der Waals surface area contributed by atoms with Gasteiger partial charge in [-0.25, -0.2) is 4.98 Å². The Bertz CT molecular complexity index is 1330. The van der Waals surface area contributed by atoms with Gasteiger partial charge in [0, 0.05) is 12.6 Å². The fourth-order valence-electron chi connectivity index (χ4n) is 3.78. The summed E-state index contributed by atoms with van der Waals surface area (Å²) in [6.07, 6.45) is 2.41. The van der Waals surface area contributed by atoms with Crippen LogP contribution in [0.5, 0.6) is 0 Å². The molecule has 0 aliphatic heterocycles. The number of thiazole rings is 1. The number of carbonyl (C=O) groups is 1. The molecule has 5 rings (SSSR count). The molecule has 154 valence electrons. The Kier molecular flexibility index (Phi) is 4.95. The third kappa shape index (κ3) is 3.68. The molecular weight excluding hydrogens is 406 g/mol. The number of aromatic nitrogens is 4. The van der Waals surface area contributed by atoms with Crippen LogP contribution in [0.3, 0.4) is 0 Å². The van der Waals surface area contributed by atoms with E-state index in [4.69, 9.17) is 4.98 Å². The Balaban J connectivity index is 1.44. The van der Waals surface area contributed by atoms with E-state index >= 15 is 0 Å². The molecule has 2 aromatic carbocycles. The zero-order valence-electron chi connectivity index (χ0n) is 17.0. The first-order valence-corrected chi connectivity index (χ1v) is 10.9. The molecule has 1 atom stereocenters. The largest absolute Gasteiger partial charge is 0.348 e. The Morgan fingerprint density at radius 3 is 2.61 bits per heavy atom. The fraction of sp³-hybridized carbons (Fsp3) is 0.167. The lowest BCUT2D eigenvalue weighted by Crippen LogP contribution is -2.43. The van der Waals surface area contributed by atoms with Crippen molar-refractivity contribution in [1.82, 2.24) is 24.9 Å². The molecule has 0 aliphatic rings. The smallest absolute Gasteiger partial charge is 0.231 e. The van der Waals surface area contributed by atoms with E-state index < -0.39 is 5.41 Å². The third-order valence-corrected chi connectivity index (χ3v) is 6.58. The van der Waals surface area contributed by atoms with Gasteiger partial charge in [0.25, 0.3) is 0 Å². The Morgan fingerprint density at radius 2 is 1.77 bits per heavy atom. The van der Waals surface area contributed by atoms with Crippen LogP contribution in [0.1, 0.15) is 23.3 Å². The van der Waals surface area contributed by atoms with E-state index in [1.165, 1.54) is 0 Å². The molecule has 6 nitrogen and oxygen atoms in total. The molecule has 0 aliphatic carbocycles. The van der Waals surface area contributed by atoms with Crippen LogP contribution in [0.15, 0.2) is 79.0 Å². The highest BCUT2D eigenvalue weighted by Crippen LogP contribution is 2.32. The minimum atomic E-state index is -0.768. The summed E-state index contributed by atoms with van der Waals surface area (Å²) in [5, 5.41) is 12.4. The second-order valence-corrected chi connectivity index (χ2v) is 8.79. The molecule has 0 saturated heterocycles. The molecule has 3 heterocycles. The van der Waals surface area contributed by atoms with Crippen LogP contribution in [0.25, 0.3) is 15.9 Å². The summed E-state index contributed by atoms with van der Waals surface area (Å²) in [7, 11) is 0. The average Bonchev–Trinajstić information content (AvgIpc) is 3.41. The SMILES string of the molecule is CC(Cc1nc2ccccc2s1)(C(=O)NCc1nnc2ccccn12)c1ccccc1. The number of fused-ring (bicyclic) bond motifs is 2. The lowest BCUT2D eigenvalue weighted by molar-refractivity contribution is -0.126. The van der Waals surface area contributed by atoms with E-state index in [1.54, 1.807) is 11.3 Å². The lowest BCUT2D eigenvalue weighted by atomic mass is 9.78. The molecule has 1 amide bonds. The van der Waals surface area contributed by atoms with Crippen molar-refractivity contribution in [3.8, 4) is 0 Å². The summed E-state index contributed by atoms with van der Waals surface area (Å²) in [5.41, 5.74) is 1.91. The van der Waals surface area contributed by atoms with Crippen LogP contribution in [0, 0.1) is 0 Å². The van der Waals surface area contributed by atoms with Gasteiger partial charge in [-0.15, -0.1) is 21.5 Å². The predicted molar refractivity (Wildman–Crippen MR) is 122 cm³/mol. The number of benzene rings is 2. The zero-order valence-corrected chi connectivity index (χ0v) is 17.8. The van der Waals surface area contributed by atoms with Gasteiger partial charge in [0.15, 0.2) is 11.5 Å². The van der Waals surface area contributed by atoms with Crippen molar-refractivity contribution >= 4 is 33.1 Å². The van der Waals surface area contributed by atoms with Gasteiger partial charge in [-0.2, -0.15) is 0 Å². The lowest BCUT2D eigenvalue weighted by Gasteiger charge is -2.28. The zero-order chi connectivity index (χ0) is 21.3. The molecule has 1 N–H and O–H groups in total. The molecule has 3 aromatic heterocycles. The average molecular weight is 428 g/mol. The molecule has 1 unspecified atom stereocenters. The first kappa shape index (κ1) is 19.4. The summed E-state index contributed by atoms with van der Waals surface area (Å²) in [6, 6.07) is 23.7. The minimum absolute atomic E-state index is 0.0642. The Morgan fingerprint density at radius 1 is 1.00 bits per heavy atom. The van der Waals surface area contributed by atoms with E-state index in [9.17, 15) is 4.79 Å². The maximum atomic E-state index is 13.5. The number of nitrogens with zero attached hydrogens (tertiary/aromatic N) is 4. The normalized spacial score (nSPS) is 13.3. The second kappa shape index (κ2) is 7.92. The van der Waals surface area contributed by atoms with Crippen LogP contribution < -0.4 is 5.32 Å². The molecule has 0 saturated carbocycles. The van der Waals surface area contributed by atoms with Crippen molar-refractivity contribution in [2.24, 2.45) is 0 Å². The third-order valence-electron chi connectivity index (χ3n) is 5.55. The number of nitrogens with one attached hydrogen (secondary N) is 1. The second-order valence-electron chi connectivity index (χ2n) is 7.68. The van der Waals surface area contributed by atoms with Gasteiger partial charge in [0.1, 0.15) is 0 Å². The summed E-state index contributed by atoms with van der Waals surface area (Å²) in [5.74, 6) is 0.630. The first-order valence-electron chi connectivity index (χ1n) is 10.1. The van der Waals surface area contributed by atoms with Crippen molar-refractivity contribution in [3.05, 3.63) is 95.4 Å². The van der Waals surface area contributed by atoms with Crippen molar-refractivity contribution in [2.75, 3.05) is 0 Å². The Hall–Kier alpha value is -3.58. The van der Waals surface area contributed by atoms with Crippen LogP contribution in [0.2, 0.25) is 0 Å². The summed E-state index contributed by atoms with van der Waals surface area (Å²) < 4.78 is 3.01. The highest BCUT2D eigenvalue weighted by Gasteiger charge is 2.36. The first-order chi connectivity index (χ1) is 15.1. The number of rotatable bonds is 6. The fourth-order valence-corrected chi connectivity index (χ4v) is 4.91. The van der Waals surface area contributed by atoms with Crippen molar-refractivity contribution in [1.29, 1.82) is 0 Å². The highest BCUT2D eigenvalue weighted by atomic mass is 32.1. The molecule has 0 spiro atoms. The van der Waals surface area contributed by atoms with E-state index in [1.807, 2.05) is 84.3 Å². The molecule has 5 aromatic rings. The number of carbonyl (C=O) groups excluding carboxylic acids is 1. The predicted octanol–water partition coefficient (Wildman–Crippen LogP) is 4.16. The summed E-state index contributed by atoms with van der Waals surface area (Å²) >= 11 is 1.64.